The molecule has 4 heteroatoms. The quantitative estimate of drug-likeness (QED) is 0.392. The van der Waals surface area contributed by atoms with E-state index in [2.05, 4.69) is 27.7 Å². The Balaban J connectivity index is 2.87. The van der Waals surface area contributed by atoms with E-state index in [-0.39, 0.29) is 0 Å². The van der Waals surface area contributed by atoms with E-state index in [1.807, 2.05) is 24.3 Å². The number of para-hydroxylation sites is 1. The summed E-state index contributed by atoms with van der Waals surface area (Å²) in [5, 5.41) is 0. The van der Waals surface area contributed by atoms with Crippen molar-refractivity contribution in [3.8, 4) is 5.75 Å². The predicted octanol–water partition coefficient (Wildman–Crippen LogP) is 6.00. The van der Waals surface area contributed by atoms with E-state index in [9.17, 15) is 4.57 Å². The molecule has 0 spiro atoms. The zero-order valence-electron chi connectivity index (χ0n) is 13.8. The topological polar surface area (TPSA) is 35.5 Å². The normalized spacial score (nSPS) is 14.1. The van der Waals surface area contributed by atoms with Crippen molar-refractivity contribution in [2.24, 2.45) is 0 Å². The Labute approximate surface area is 129 Å². The van der Waals surface area contributed by atoms with Gasteiger partial charge in [-0.05, 0) is 30.4 Å². The van der Waals surface area contributed by atoms with Crippen molar-refractivity contribution in [3.05, 3.63) is 29.8 Å². The maximum absolute atomic E-state index is 12.9. The van der Waals surface area contributed by atoms with Crippen LogP contribution in [0.3, 0.4) is 0 Å². The molecule has 1 aromatic carbocycles. The number of hydrogen-bond donors (Lipinski definition) is 0. The van der Waals surface area contributed by atoms with Gasteiger partial charge >= 0.3 is 7.60 Å². The molecule has 0 bridgehead atoms. The standard InChI is InChI=1S/C17H29O3P/c1-5-7-13-19-21(18,14-8-6-2)20-17-12-10-9-11-16(17)15(3)4/h9-12,15H,5-8,13-14H2,1-4H3. The summed E-state index contributed by atoms with van der Waals surface area (Å²) in [5.74, 6) is 1.03. The van der Waals surface area contributed by atoms with Crippen LogP contribution in [0.25, 0.3) is 0 Å². The van der Waals surface area contributed by atoms with Gasteiger partial charge < -0.3 is 4.52 Å². The van der Waals surface area contributed by atoms with Crippen LogP contribution in [-0.2, 0) is 9.09 Å². The Hall–Kier alpha value is -0.790. The van der Waals surface area contributed by atoms with Gasteiger partial charge in [0, 0.05) is 0 Å². The van der Waals surface area contributed by atoms with Gasteiger partial charge in [0.1, 0.15) is 5.75 Å². The molecule has 1 aromatic rings. The van der Waals surface area contributed by atoms with Crippen molar-refractivity contribution >= 4 is 7.60 Å². The molecule has 0 heterocycles. The second-order valence-electron chi connectivity index (χ2n) is 5.66. The average molecular weight is 312 g/mol. The van der Waals surface area contributed by atoms with Gasteiger partial charge in [-0.1, -0.05) is 58.7 Å². The maximum atomic E-state index is 12.9. The van der Waals surface area contributed by atoms with Crippen LogP contribution in [0.2, 0.25) is 0 Å². The van der Waals surface area contributed by atoms with E-state index >= 15 is 0 Å². The molecule has 1 rings (SSSR count). The molecule has 0 N–H and O–H groups in total. The number of hydrogen-bond acceptors (Lipinski definition) is 3. The van der Waals surface area contributed by atoms with Crippen molar-refractivity contribution < 1.29 is 13.6 Å². The zero-order chi connectivity index (χ0) is 15.7. The lowest BCUT2D eigenvalue weighted by atomic mass is 10.0. The fraction of sp³-hybridized carbons (Fsp3) is 0.647. The molecule has 1 unspecified atom stereocenters. The highest BCUT2D eigenvalue weighted by Gasteiger charge is 2.26. The summed E-state index contributed by atoms with van der Waals surface area (Å²) >= 11 is 0. The van der Waals surface area contributed by atoms with Crippen LogP contribution < -0.4 is 4.52 Å². The molecular weight excluding hydrogens is 283 g/mol. The summed E-state index contributed by atoms with van der Waals surface area (Å²) in [6.45, 7) is 8.89. The van der Waals surface area contributed by atoms with Gasteiger partial charge in [-0.25, -0.2) is 4.57 Å². The molecule has 1 atom stereocenters. The Morgan fingerprint density at radius 3 is 2.38 bits per heavy atom. The van der Waals surface area contributed by atoms with E-state index < -0.39 is 7.60 Å². The first kappa shape index (κ1) is 18.3. The first-order valence-corrected chi connectivity index (χ1v) is 9.77. The van der Waals surface area contributed by atoms with Crippen LogP contribution in [0.4, 0.5) is 0 Å². The summed E-state index contributed by atoms with van der Waals surface area (Å²) < 4.78 is 24.5. The third kappa shape index (κ3) is 6.23. The summed E-state index contributed by atoms with van der Waals surface area (Å²) in [4.78, 5) is 0. The first-order valence-electron chi connectivity index (χ1n) is 8.04. The highest BCUT2D eigenvalue weighted by atomic mass is 31.2. The number of benzene rings is 1. The number of rotatable bonds is 10. The molecule has 0 fully saturated rings. The van der Waals surface area contributed by atoms with Crippen LogP contribution in [0, 0.1) is 0 Å². The largest absolute Gasteiger partial charge is 0.424 e. The third-order valence-corrected chi connectivity index (χ3v) is 5.26. The minimum absolute atomic E-state index is 0.330. The van der Waals surface area contributed by atoms with Crippen LogP contribution in [0.5, 0.6) is 5.75 Å². The monoisotopic (exact) mass is 312 g/mol. The number of unbranched alkanes of at least 4 members (excludes halogenated alkanes) is 2. The summed E-state index contributed by atoms with van der Waals surface area (Å²) in [5.41, 5.74) is 1.08. The highest BCUT2D eigenvalue weighted by Crippen LogP contribution is 2.50. The average Bonchev–Trinajstić information content (AvgIpc) is 2.46. The van der Waals surface area contributed by atoms with Gasteiger partial charge in [0.2, 0.25) is 0 Å². The Morgan fingerprint density at radius 2 is 1.76 bits per heavy atom. The zero-order valence-corrected chi connectivity index (χ0v) is 14.7. The molecule has 0 saturated heterocycles. The maximum Gasteiger partial charge on any atom is 0.379 e. The van der Waals surface area contributed by atoms with Gasteiger partial charge in [0.15, 0.2) is 0 Å². The molecule has 0 aromatic heterocycles. The lowest BCUT2D eigenvalue weighted by Crippen LogP contribution is -2.05. The van der Waals surface area contributed by atoms with Gasteiger partial charge in [-0.15, -0.1) is 0 Å². The lowest BCUT2D eigenvalue weighted by molar-refractivity contribution is 0.259. The Bertz CT molecular complexity index is 457. The third-order valence-electron chi connectivity index (χ3n) is 3.35. The van der Waals surface area contributed by atoms with Crippen LogP contribution in [-0.4, -0.2) is 12.8 Å². The summed E-state index contributed by atoms with van der Waals surface area (Å²) in [6, 6.07) is 7.81. The summed E-state index contributed by atoms with van der Waals surface area (Å²) in [6.07, 6.45) is 4.25. The minimum atomic E-state index is -3.05. The Morgan fingerprint density at radius 1 is 1.10 bits per heavy atom. The molecular formula is C17H29O3P. The highest BCUT2D eigenvalue weighted by molar-refractivity contribution is 7.54. The van der Waals surface area contributed by atoms with Gasteiger partial charge in [-0.3, -0.25) is 4.52 Å². The second kappa shape index (κ2) is 9.27. The molecule has 0 saturated carbocycles. The van der Waals surface area contributed by atoms with Crippen molar-refractivity contribution in [2.75, 3.05) is 12.8 Å². The fourth-order valence-electron chi connectivity index (χ4n) is 2.03. The fourth-order valence-corrected chi connectivity index (χ4v) is 3.88. The minimum Gasteiger partial charge on any atom is -0.424 e. The van der Waals surface area contributed by atoms with Gasteiger partial charge in [0.05, 0.1) is 12.8 Å². The van der Waals surface area contributed by atoms with Crippen molar-refractivity contribution in [1.29, 1.82) is 0 Å². The smallest absolute Gasteiger partial charge is 0.379 e. The van der Waals surface area contributed by atoms with Crippen LogP contribution in [0.1, 0.15) is 64.9 Å². The van der Waals surface area contributed by atoms with Gasteiger partial charge in [0.25, 0.3) is 0 Å². The van der Waals surface area contributed by atoms with Crippen molar-refractivity contribution in [2.45, 2.75) is 59.3 Å². The van der Waals surface area contributed by atoms with Crippen molar-refractivity contribution in [3.63, 3.8) is 0 Å². The molecule has 0 aliphatic carbocycles. The first-order chi connectivity index (χ1) is 10.0. The lowest BCUT2D eigenvalue weighted by Gasteiger charge is -2.22. The SMILES string of the molecule is CCCCOP(=O)(CCCC)Oc1ccccc1C(C)C. The molecule has 3 nitrogen and oxygen atoms in total. The van der Waals surface area contributed by atoms with Crippen LogP contribution >= 0.6 is 7.60 Å². The molecule has 21 heavy (non-hydrogen) atoms. The molecule has 120 valence electrons. The van der Waals surface area contributed by atoms with E-state index in [0.717, 1.165) is 31.2 Å². The van der Waals surface area contributed by atoms with E-state index in [4.69, 9.17) is 9.05 Å². The van der Waals surface area contributed by atoms with Crippen molar-refractivity contribution in [1.82, 2.24) is 0 Å². The molecule has 0 aliphatic heterocycles. The second-order valence-corrected chi connectivity index (χ2v) is 7.77. The van der Waals surface area contributed by atoms with E-state index in [1.165, 1.54) is 0 Å². The summed E-state index contributed by atoms with van der Waals surface area (Å²) in [7, 11) is -3.05. The molecule has 0 radical (unpaired) electrons. The molecule has 0 aliphatic rings. The van der Waals surface area contributed by atoms with E-state index in [0.29, 0.717) is 24.4 Å². The van der Waals surface area contributed by atoms with Crippen LogP contribution in [0.15, 0.2) is 24.3 Å². The predicted molar refractivity (Wildman–Crippen MR) is 89.4 cm³/mol. The van der Waals surface area contributed by atoms with E-state index in [1.54, 1.807) is 0 Å². The molecule has 0 amide bonds. The van der Waals surface area contributed by atoms with Gasteiger partial charge in [-0.2, -0.15) is 0 Å². The Kier molecular flexibility index (Phi) is 8.06.